The predicted octanol–water partition coefficient (Wildman–Crippen LogP) is 2.32. The van der Waals surface area contributed by atoms with Gasteiger partial charge in [0.1, 0.15) is 6.10 Å². The average molecular weight is 770 g/mol. The lowest BCUT2D eigenvalue weighted by molar-refractivity contribution is -0.134. The van der Waals surface area contributed by atoms with Crippen LogP contribution in [0.5, 0.6) is 23.0 Å². The van der Waals surface area contributed by atoms with Crippen LogP contribution in [0.15, 0.2) is 79.2 Å². The Kier molecular flexibility index (Phi) is 16.4. The first-order chi connectivity index (χ1) is 26.2. The number of aromatic amines is 1. The normalized spacial score (nSPS) is 14.5. The van der Waals surface area contributed by atoms with Gasteiger partial charge in [-0.25, -0.2) is 33.8 Å². The number of nitrogens with zero attached hydrogens (tertiary/aromatic N) is 2. The van der Waals surface area contributed by atoms with Crippen molar-refractivity contribution in [2.24, 2.45) is 0 Å². The largest absolute Gasteiger partial charge is 0.478 e. The van der Waals surface area contributed by atoms with Gasteiger partial charge in [-0.15, -0.1) is 0 Å². The highest BCUT2D eigenvalue weighted by atomic mass is 16.7. The highest BCUT2D eigenvalue weighted by Gasteiger charge is 2.26. The summed E-state index contributed by atoms with van der Waals surface area (Å²) in [5.41, 5.74) is 4.49. The molecule has 20 heteroatoms. The molecule has 4 heterocycles. The van der Waals surface area contributed by atoms with Gasteiger partial charge < -0.3 is 59.3 Å². The summed E-state index contributed by atoms with van der Waals surface area (Å²) in [6.07, 6.45) is 5.90. The third-order valence-electron chi connectivity index (χ3n) is 6.94. The highest BCUT2D eigenvalue weighted by molar-refractivity contribution is 5.90. The SMILES string of the molecule is O=C(O)/C=C/C(=O)O.O=C(O)/C=C/C(=O)O.O=C(O)/C=C/C(=O)O.c1nc2c([nH]1)CCOC2CN(Cc1ccc2c(c1)OCO2)Cc1ccc2c(c1)OCO2. The second-order valence-corrected chi connectivity index (χ2v) is 11.0. The van der Waals surface area contributed by atoms with Crippen molar-refractivity contribution in [3.05, 3.63) is 102 Å². The number of imidazole rings is 1. The summed E-state index contributed by atoms with van der Waals surface area (Å²) in [7, 11) is 0. The Labute approximate surface area is 310 Å². The van der Waals surface area contributed by atoms with Gasteiger partial charge >= 0.3 is 35.8 Å². The number of rotatable bonds is 12. The number of hydrogen-bond donors (Lipinski definition) is 7. The third kappa shape index (κ3) is 15.5. The molecule has 3 aliphatic heterocycles. The van der Waals surface area contributed by atoms with E-state index in [0.29, 0.717) is 43.1 Å². The Morgan fingerprint density at radius 2 is 1.04 bits per heavy atom. The van der Waals surface area contributed by atoms with Crippen molar-refractivity contribution < 1.29 is 83.1 Å². The Hall–Kier alpha value is -7.19. The zero-order chi connectivity index (χ0) is 40.3. The van der Waals surface area contributed by atoms with Crippen LogP contribution in [0, 0.1) is 0 Å². The number of fused-ring (bicyclic) bond motifs is 3. The minimum atomic E-state index is -1.26. The van der Waals surface area contributed by atoms with E-state index in [0.717, 1.165) is 65.9 Å². The molecule has 55 heavy (non-hydrogen) atoms. The molecule has 1 aromatic heterocycles. The lowest BCUT2D eigenvalue weighted by Crippen LogP contribution is -2.31. The molecule has 6 rings (SSSR count). The maximum atomic E-state index is 9.55. The number of hydrogen-bond acceptors (Lipinski definition) is 13. The van der Waals surface area contributed by atoms with Crippen LogP contribution in [0.25, 0.3) is 0 Å². The van der Waals surface area contributed by atoms with E-state index in [1.165, 1.54) is 5.69 Å². The summed E-state index contributed by atoms with van der Waals surface area (Å²) in [4.78, 5) is 67.5. The Morgan fingerprint density at radius 3 is 1.44 bits per heavy atom. The fourth-order valence-corrected chi connectivity index (χ4v) is 4.77. The lowest BCUT2D eigenvalue weighted by atomic mass is 10.1. The summed E-state index contributed by atoms with van der Waals surface area (Å²) < 4.78 is 28.1. The molecule has 3 aromatic rings. The first kappa shape index (κ1) is 42.2. The molecule has 1 atom stereocenters. The van der Waals surface area contributed by atoms with Crippen LogP contribution in [-0.2, 0) is 53.0 Å². The van der Waals surface area contributed by atoms with Gasteiger partial charge in [0.2, 0.25) is 13.6 Å². The van der Waals surface area contributed by atoms with Gasteiger partial charge in [0.25, 0.3) is 0 Å². The van der Waals surface area contributed by atoms with Crippen LogP contribution < -0.4 is 18.9 Å². The van der Waals surface area contributed by atoms with Gasteiger partial charge in [0.05, 0.1) is 18.6 Å². The zero-order valence-electron chi connectivity index (χ0n) is 28.6. The molecule has 20 nitrogen and oxygen atoms in total. The molecule has 0 bridgehead atoms. The number of ether oxygens (including phenoxy) is 5. The number of carboxylic acids is 6. The first-order valence-electron chi connectivity index (χ1n) is 15.7. The maximum Gasteiger partial charge on any atom is 0.328 e. The molecule has 0 amide bonds. The van der Waals surface area contributed by atoms with E-state index in [2.05, 4.69) is 39.1 Å². The summed E-state index contributed by atoms with van der Waals surface area (Å²) in [6, 6.07) is 12.2. The van der Waals surface area contributed by atoms with Gasteiger partial charge in [0, 0.05) is 68.2 Å². The Morgan fingerprint density at radius 1 is 0.636 bits per heavy atom. The van der Waals surface area contributed by atoms with Crippen LogP contribution >= 0.6 is 0 Å². The molecule has 0 saturated carbocycles. The number of H-pyrrole nitrogens is 1. The number of benzene rings is 2. The molecule has 292 valence electrons. The van der Waals surface area contributed by atoms with Crippen molar-refractivity contribution in [2.45, 2.75) is 25.6 Å². The van der Waals surface area contributed by atoms with Gasteiger partial charge in [-0.2, -0.15) is 0 Å². The van der Waals surface area contributed by atoms with Crippen molar-refractivity contribution in [1.82, 2.24) is 14.9 Å². The second kappa shape index (κ2) is 21.4. The third-order valence-corrected chi connectivity index (χ3v) is 6.94. The van der Waals surface area contributed by atoms with Crippen LogP contribution in [-0.4, -0.2) is 108 Å². The van der Waals surface area contributed by atoms with Crippen LogP contribution in [0.4, 0.5) is 0 Å². The van der Waals surface area contributed by atoms with Crippen molar-refractivity contribution in [2.75, 3.05) is 26.7 Å². The van der Waals surface area contributed by atoms with Crippen LogP contribution in [0.3, 0.4) is 0 Å². The molecular formula is C35H35N3O17. The standard InChI is InChI=1S/C23H23N3O5.3C4H4O4/c1-3-18-20(30-13-28-18)7-15(1)9-26(10-16-2-4-19-21(8-16)31-14-29-19)11-22-23-17(5-6-27-22)24-12-25-23;3*5-3(6)1-2-4(7)8/h1-4,7-8,12,22H,5-6,9-11,13-14H2,(H,24,25);3*1-2H,(H,5,6)(H,7,8)/b;3*2-1+. The summed E-state index contributed by atoms with van der Waals surface area (Å²) >= 11 is 0. The lowest BCUT2D eigenvalue weighted by Gasteiger charge is -2.29. The van der Waals surface area contributed by atoms with Gasteiger partial charge in [0.15, 0.2) is 23.0 Å². The van der Waals surface area contributed by atoms with Crippen molar-refractivity contribution in [1.29, 1.82) is 0 Å². The van der Waals surface area contributed by atoms with Crippen LogP contribution in [0.2, 0.25) is 0 Å². The molecule has 0 spiro atoms. The second-order valence-electron chi connectivity index (χ2n) is 11.0. The minimum Gasteiger partial charge on any atom is -0.478 e. The molecule has 3 aliphatic rings. The number of aromatic nitrogens is 2. The fourth-order valence-electron chi connectivity index (χ4n) is 4.77. The maximum absolute atomic E-state index is 9.55. The zero-order valence-corrected chi connectivity index (χ0v) is 28.6. The number of nitrogens with one attached hydrogen (secondary N) is 1. The summed E-state index contributed by atoms with van der Waals surface area (Å²) in [6.45, 7) is 3.45. The topological polar surface area (TPSA) is 302 Å². The van der Waals surface area contributed by atoms with E-state index in [1.54, 1.807) is 6.33 Å². The molecule has 0 saturated heterocycles. The molecular weight excluding hydrogens is 734 g/mol. The summed E-state index contributed by atoms with van der Waals surface area (Å²) in [5, 5.41) is 46.9. The van der Waals surface area contributed by atoms with Crippen molar-refractivity contribution >= 4 is 35.8 Å². The summed E-state index contributed by atoms with van der Waals surface area (Å²) in [5.74, 6) is -4.36. The van der Waals surface area contributed by atoms with E-state index < -0.39 is 35.8 Å². The molecule has 7 N–H and O–H groups in total. The molecule has 0 aliphatic carbocycles. The van der Waals surface area contributed by atoms with E-state index >= 15 is 0 Å². The van der Waals surface area contributed by atoms with E-state index in [1.807, 2.05) is 12.1 Å². The smallest absolute Gasteiger partial charge is 0.328 e. The van der Waals surface area contributed by atoms with E-state index in [-0.39, 0.29) is 19.7 Å². The van der Waals surface area contributed by atoms with E-state index in [4.69, 9.17) is 54.3 Å². The van der Waals surface area contributed by atoms with Gasteiger partial charge in [-0.05, 0) is 35.4 Å². The van der Waals surface area contributed by atoms with E-state index in [9.17, 15) is 28.8 Å². The molecule has 0 fully saturated rings. The highest BCUT2D eigenvalue weighted by Crippen LogP contribution is 2.35. The average Bonchev–Trinajstić information content (AvgIpc) is 3.91. The Balaban J connectivity index is 0.000000277. The van der Waals surface area contributed by atoms with Gasteiger partial charge in [-0.3, -0.25) is 4.90 Å². The number of carbonyl (C=O) groups is 6. The molecule has 1 unspecified atom stereocenters. The number of carboxylic acid groups (broad SMARTS) is 6. The molecule has 2 aromatic carbocycles. The van der Waals surface area contributed by atoms with Crippen molar-refractivity contribution in [3.8, 4) is 23.0 Å². The monoisotopic (exact) mass is 769 g/mol. The molecule has 0 radical (unpaired) electrons. The Bertz CT molecular complexity index is 1750. The minimum absolute atomic E-state index is 0.0713. The number of aliphatic carboxylic acids is 6. The van der Waals surface area contributed by atoms with Gasteiger partial charge in [-0.1, -0.05) is 12.1 Å². The van der Waals surface area contributed by atoms with Crippen molar-refractivity contribution in [3.63, 3.8) is 0 Å². The quantitative estimate of drug-likeness (QED) is 0.130. The van der Waals surface area contributed by atoms with Crippen LogP contribution in [0.1, 0.15) is 28.6 Å². The first-order valence-corrected chi connectivity index (χ1v) is 15.7. The fraction of sp³-hybridized carbons (Fsp3) is 0.229. The predicted molar refractivity (Wildman–Crippen MR) is 183 cm³/mol.